The third-order valence-corrected chi connectivity index (χ3v) is 1.53. The number of anilines is 1. The van der Waals surface area contributed by atoms with Crippen LogP contribution in [0.4, 0.5) is 5.82 Å². The van der Waals surface area contributed by atoms with Crippen molar-refractivity contribution in [2.45, 2.75) is 0 Å². The molecule has 0 aliphatic carbocycles. The van der Waals surface area contributed by atoms with E-state index in [0.29, 0.717) is 0 Å². The number of hydrogen-bond acceptors (Lipinski definition) is 5. The summed E-state index contributed by atoms with van der Waals surface area (Å²) in [5.41, 5.74) is 10.9. The highest BCUT2D eigenvalue weighted by atomic mass is 16.4. The molecule has 0 radical (unpaired) electrons. The van der Waals surface area contributed by atoms with E-state index in [9.17, 15) is 0 Å². The topological polar surface area (TPSA) is 129 Å². The van der Waals surface area contributed by atoms with Gasteiger partial charge in [0.2, 0.25) is 0 Å². The first kappa shape index (κ1) is 9.49. The molecule has 0 unspecified atom stereocenters. The van der Waals surface area contributed by atoms with Crippen LogP contribution in [0.15, 0.2) is 12.3 Å². The molecule has 7 N–H and O–H groups in total. The van der Waals surface area contributed by atoms with E-state index in [2.05, 4.69) is 4.98 Å². The summed E-state index contributed by atoms with van der Waals surface area (Å²) in [6, 6.07) is 1.31. The Labute approximate surface area is 74.9 Å². The van der Waals surface area contributed by atoms with Gasteiger partial charge in [0.1, 0.15) is 11.7 Å². The van der Waals surface area contributed by atoms with Crippen LogP contribution < -0.4 is 16.9 Å². The van der Waals surface area contributed by atoms with Gasteiger partial charge in [-0.25, -0.2) is 4.98 Å². The number of amidine groups is 1. The minimum atomic E-state index is -1.63. The van der Waals surface area contributed by atoms with Crippen LogP contribution in [0.25, 0.3) is 0 Å². The molecule has 0 spiro atoms. The van der Waals surface area contributed by atoms with Gasteiger partial charge in [-0.2, -0.15) is 0 Å². The van der Waals surface area contributed by atoms with Crippen LogP contribution in [0.2, 0.25) is 0 Å². The molecule has 13 heavy (non-hydrogen) atoms. The van der Waals surface area contributed by atoms with Crippen LogP contribution in [0, 0.1) is 5.41 Å². The van der Waals surface area contributed by atoms with Crippen molar-refractivity contribution in [3.8, 4) is 0 Å². The molecule has 0 saturated carbocycles. The predicted octanol–water partition coefficient (Wildman–Crippen LogP) is -2.37. The van der Waals surface area contributed by atoms with Crippen LogP contribution in [-0.2, 0) is 0 Å². The van der Waals surface area contributed by atoms with Gasteiger partial charge in [-0.1, -0.05) is 0 Å². The molecule has 0 saturated heterocycles. The second-order valence-electron chi connectivity index (χ2n) is 2.49. The third-order valence-electron chi connectivity index (χ3n) is 1.53. The average molecular weight is 180 g/mol. The van der Waals surface area contributed by atoms with E-state index in [4.69, 9.17) is 26.9 Å². The first-order valence-corrected chi connectivity index (χ1v) is 3.48. The second kappa shape index (κ2) is 3.42. The van der Waals surface area contributed by atoms with Gasteiger partial charge in [-0.3, -0.25) is 5.41 Å². The zero-order valence-corrected chi connectivity index (χ0v) is 6.73. The summed E-state index contributed by atoms with van der Waals surface area (Å²) in [7, 11) is -1.63. The Bertz CT molecular complexity index is 341. The molecular formula is C6H9BN4O2. The van der Waals surface area contributed by atoms with Crippen LogP contribution in [0.1, 0.15) is 5.56 Å². The van der Waals surface area contributed by atoms with Crippen molar-refractivity contribution in [3.63, 3.8) is 0 Å². The average Bonchev–Trinajstić information content (AvgIpc) is 2.04. The molecule has 0 amide bonds. The van der Waals surface area contributed by atoms with E-state index in [1.54, 1.807) is 0 Å². The third kappa shape index (κ3) is 1.95. The summed E-state index contributed by atoms with van der Waals surface area (Å²) in [4.78, 5) is 3.66. The Morgan fingerprint density at radius 3 is 2.62 bits per heavy atom. The molecule has 68 valence electrons. The fraction of sp³-hybridized carbons (Fsp3) is 0. The molecule has 0 bridgehead atoms. The number of nitrogen functional groups attached to an aromatic ring is 2. The molecule has 0 atom stereocenters. The Morgan fingerprint density at radius 1 is 1.54 bits per heavy atom. The van der Waals surface area contributed by atoms with Crippen molar-refractivity contribution in [2.75, 3.05) is 5.73 Å². The van der Waals surface area contributed by atoms with E-state index < -0.39 is 7.12 Å². The van der Waals surface area contributed by atoms with Crippen LogP contribution >= 0.6 is 0 Å². The summed E-state index contributed by atoms with van der Waals surface area (Å²) < 4.78 is 0. The molecule has 1 aromatic heterocycles. The molecule has 6 nitrogen and oxygen atoms in total. The van der Waals surface area contributed by atoms with Crippen molar-refractivity contribution < 1.29 is 10.0 Å². The number of rotatable bonds is 2. The number of aromatic nitrogens is 1. The fourth-order valence-corrected chi connectivity index (χ4v) is 0.848. The predicted molar refractivity (Wildman–Crippen MR) is 49.5 cm³/mol. The molecular weight excluding hydrogens is 171 g/mol. The van der Waals surface area contributed by atoms with Gasteiger partial charge >= 0.3 is 7.12 Å². The largest absolute Gasteiger partial charge is 0.490 e. The normalized spacial score (nSPS) is 9.69. The number of hydrogen-bond donors (Lipinski definition) is 5. The maximum atomic E-state index is 8.78. The first-order chi connectivity index (χ1) is 6.02. The van der Waals surface area contributed by atoms with E-state index in [1.807, 2.05) is 0 Å². The minimum Gasteiger partial charge on any atom is -0.423 e. The molecule has 0 fully saturated rings. The quantitative estimate of drug-likeness (QED) is 0.197. The fourth-order valence-electron chi connectivity index (χ4n) is 0.848. The highest BCUT2D eigenvalue weighted by Crippen LogP contribution is 2.03. The number of nitrogens with zero attached hydrogens (tertiary/aromatic N) is 1. The Hall–Kier alpha value is -1.60. The van der Waals surface area contributed by atoms with Crippen LogP contribution in [0.5, 0.6) is 0 Å². The van der Waals surface area contributed by atoms with Crippen LogP contribution in [0.3, 0.4) is 0 Å². The summed E-state index contributed by atoms with van der Waals surface area (Å²) >= 11 is 0. The lowest BCUT2D eigenvalue weighted by Gasteiger charge is -2.04. The summed E-state index contributed by atoms with van der Waals surface area (Å²) in [5.74, 6) is -0.163. The zero-order valence-electron chi connectivity index (χ0n) is 6.73. The second-order valence-corrected chi connectivity index (χ2v) is 2.49. The van der Waals surface area contributed by atoms with Gasteiger partial charge in [-0.15, -0.1) is 0 Å². The monoisotopic (exact) mass is 180 g/mol. The lowest BCUT2D eigenvalue weighted by molar-refractivity contribution is 0.425. The van der Waals surface area contributed by atoms with Crippen molar-refractivity contribution in [1.29, 1.82) is 5.41 Å². The van der Waals surface area contributed by atoms with Crippen molar-refractivity contribution in [1.82, 2.24) is 4.98 Å². The molecule has 0 aliphatic heterocycles. The van der Waals surface area contributed by atoms with Crippen molar-refractivity contribution >= 4 is 24.2 Å². The van der Waals surface area contributed by atoms with Gasteiger partial charge in [0.05, 0.1) is 5.56 Å². The van der Waals surface area contributed by atoms with E-state index in [0.717, 1.165) is 0 Å². The Kier molecular flexibility index (Phi) is 2.50. The molecule has 7 heteroatoms. The molecule has 0 aliphatic rings. The standard InChI is InChI=1S/C6H9BN4O2/c8-5(9)4-1-3(7(12)13)2-11-6(4)10/h1-2,12-13H,(H3,8,9)(H2,10,11). The van der Waals surface area contributed by atoms with E-state index in [-0.39, 0.29) is 22.7 Å². The van der Waals surface area contributed by atoms with Crippen molar-refractivity contribution in [3.05, 3.63) is 17.8 Å². The molecule has 1 heterocycles. The van der Waals surface area contributed by atoms with Gasteiger partial charge in [0.25, 0.3) is 0 Å². The highest BCUT2D eigenvalue weighted by Gasteiger charge is 2.14. The highest BCUT2D eigenvalue weighted by molar-refractivity contribution is 6.58. The maximum absolute atomic E-state index is 8.78. The smallest absolute Gasteiger partial charge is 0.423 e. The Morgan fingerprint density at radius 2 is 2.15 bits per heavy atom. The lowest BCUT2D eigenvalue weighted by atomic mass is 9.81. The minimum absolute atomic E-state index is 0.0944. The molecule has 1 aromatic rings. The zero-order chi connectivity index (χ0) is 10.0. The summed E-state index contributed by atoms with van der Waals surface area (Å²) in [6.07, 6.45) is 1.21. The molecule has 0 aromatic carbocycles. The van der Waals surface area contributed by atoms with Crippen molar-refractivity contribution in [2.24, 2.45) is 5.73 Å². The van der Waals surface area contributed by atoms with Gasteiger partial charge in [0, 0.05) is 11.7 Å². The number of nitrogens with one attached hydrogen (secondary N) is 1. The van der Waals surface area contributed by atoms with E-state index >= 15 is 0 Å². The van der Waals surface area contributed by atoms with Gasteiger partial charge in [-0.05, 0) is 6.07 Å². The number of pyridine rings is 1. The van der Waals surface area contributed by atoms with E-state index in [1.165, 1.54) is 12.3 Å². The first-order valence-electron chi connectivity index (χ1n) is 3.48. The summed E-state index contributed by atoms with van der Waals surface area (Å²) in [6.45, 7) is 0. The Balaban J connectivity index is 3.19. The maximum Gasteiger partial charge on any atom is 0.490 e. The summed E-state index contributed by atoms with van der Waals surface area (Å²) in [5, 5.41) is 24.7. The van der Waals surface area contributed by atoms with Gasteiger partial charge in [0.15, 0.2) is 0 Å². The number of nitrogens with two attached hydrogens (primary N) is 2. The lowest BCUT2D eigenvalue weighted by Crippen LogP contribution is -2.32. The van der Waals surface area contributed by atoms with Crippen LogP contribution in [-0.4, -0.2) is 28.0 Å². The van der Waals surface area contributed by atoms with Gasteiger partial charge < -0.3 is 21.5 Å². The molecule has 1 rings (SSSR count). The SMILES string of the molecule is N=C(N)c1cc(B(O)O)cnc1N.